The molecule has 122 valence electrons. The van der Waals surface area contributed by atoms with Crippen molar-refractivity contribution in [3.8, 4) is 0 Å². The van der Waals surface area contributed by atoms with Gasteiger partial charge < -0.3 is 10.1 Å². The molecule has 0 atom stereocenters. The van der Waals surface area contributed by atoms with Gasteiger partial charge in [0.05, 0.1) is 5.69 Å². The molecule has 6 nitrogen and oxygen atoms in total. The summed E-state index contributed by atoms with van der Waals surface area (Å²) in [6, 6.07) is 9.34. The lowest BCUT2D eigenvalue weighted by atomic mass is 10.2. The van der Waals surface area contributed by atoms with Gasteiger partial charge in [-0.15, -0.1) is 10.2 Å². The molecule has 0 saturated carbocycles. The molecule has 0 fully saturated rings. The zero-order valence-corrected chi connectivity index (χ0v) is 15.1. The van der Waals surface area contributed by atoms with E-state index >= 15 is 0 Å². The number of halogens is 1. The number of carbonyl (C=O) groups excluding carboxylic acids is 1. The maximum absolute atomic E-state index is 11.7. The van der Waals surface area contributed by atoms with Gasteiger partial charge >= 0.3 is 6.09 Å². The first-order valence-electron chi connectivity index (χ1n) is 7.10. The lowest BCUT2D eigenvalue weighted by Crippen LogP contribution is -2.27. The van der Waals surface area contributed by atoms with Gasteiger partial charge in [0.1, 0.15) is 5.60 Å². The fourth-order valence-electron chi connectivity index (χ4n) is 1.73. The summed E-state index contributed by atoms with van der Waals surface area (Å²) in [7, 11) is 0. The predicted octanol–water partition coefficient (Wildman–Crippen LogP) is 4.64. The predicted molar refractivity (Wildman–Crippen MR) is 94.1 cm³/mol. The summed E-state index contributed by atoms with van der Waals surface area (Å²) in [5.41, 5.74) is 1.49. The fourth-order valence-corrected chi connectivity index (χ4v) is 2.33. The number of ether oxygens (including phenoxy) is 1. The number of aromatic nitrogens is 2. The van der Waals surface area contributed by atoms with Crippen LogP contribution in [0.5, 0.6) is 0 Å². The van der Waals surface area contributed by atoms with Gasteiger partial charge in [-0.25, -0.2) is 4.79 Å². The Morgan fingerprint density at radius 3 is 2.35 bits per heavy atom. The molecule has 0 aliphatic carbocycles. The monoisotopic (exact) mass is 378 g/mol. The Kier molecular flexibility index (Phi) is 5.20. The summed E-state index contributed by atoms with van der Waals surface area (Å²) in [4.78, 5) is 11.7. The van der Waals surface area contributed by atoms with Gasteiger partial charge in [-0.05, 0) is 73.5 Å². The van der Waals surface area contributed by atoms with Crippen molar-refractivity contribution >= 4 is 39.3 Å². The molecule has 23 heavy (non-hydrogen) atoms. The number of hydrogen-bond donors (Lipinski definition) is 2. The maximum atomic E-state index is 11.7. The summed E-state index contributed by atoms with van der Waals surface area (Å²) in [6.45, 7) is 7.41. The molecule has 0 radical (unpaired) electrons. The van der Waals surface area contributed by atoms with Gasteiger partial charge in [0.25, 0.3) is 0 Å². The quantitative estimate of drug-likeness (QED) is 0.813. The van der Waals surface area contributed by atoms with E-state index in [0.29, 0.717) is 11.6 Å². The Bertz CT molecular complexity index is 696. The van der Waals surface area contributed by atoms with E-state index in [1.807, 2.05) is 25.1 Å². The Morgan fingerprint density at radius 1 is 1.13 bits per heavy atom. The van der Waals surface area contributed by atoms with Crippen LogP contribution in [0.1, 0.15) is 26.3 Å². The zero-order chi connectivity index (χ0) is 17.0. The van der Waals surface area contributed by atoms with Crippen molar-refractivity contribution < 1.29 is 9.53 Å². The van der Waals surface area contributed by atoms with Crippen LogP contribution in [0.3, 0.4) is 0 Å². The smallest absolute Gasteiger partial charge is 0.413 e. The Morgan fingerprint density at radius 2 is 1.78 bits per heavy atom. The molecule has 0 bridgehead atoms. The molecule has 0 aliphatic rings. The van der Waals surface area contributed by atoms with Crippen LogP contribution in [0.25, 0.3) is 0 Å². The van der Waals surface area contributed by atoms with Crippen molar-refractivity contribution in [1.82, 2.24) is 10.2 Å². The molecule has 2 rings (SSSR count). The highest BCUT2D eigenvalue weighted by Gasteiger charge is 2.16. The molecule has 7 heteroatoms. The first kappa shape index (κ1) is 17.2. The van der Waals surface area contributed by atoms with Gasteiger partial charge in [0.2, 0.25) is 0 Å². The molecular formula is C16H19BrN4O2. The number of hydrogen-bond acceptors (Lipinski definition) is 5. The van der Waals surface area contributed by atoms with Crippen LogP contribution in [0.2, 0.25) is 0 Å². The highest BCUT2D eigenvalue weighted by Crippen LogP contribution is 2.26. The van der Waals surface area contributed by atoms with E-state index in [1.165, 1.54) is 0 Å². The van der Waals surface area contributed by atoms with Crippen molar-refractivity contribution in [1.29, 1.82) is 0 Å². The molecule has 2 N–H and O–H groups in total. The minimum absolute atomic E-state index is 0.327. The van der Waals surface area contributed by atoms with Crippen LogP contribution in [0.4, 0.5) is 22.1 Å². The molecule has 1 aromatic heterocycles. The van der Waals surface area contributed by atoms with Crippen LogP contribution in [-0.2, 0) is 4.74 Å². The molecule has 1 aromatic carbocycles. The van der Waals surface area contributed by atoms with Crippen LogP contribution in [0.15, 0.2) is 34.8 Å². The van der Waals surface area contributed by atoms with Gasteiger partial charge in [-0.2, -0.15) is 0 Å². The Hall–Kier alpha value is -2.15. The third-order valence-corrected chi connectivity index (χ3v) is 3.34. The minimum atomic E-state index is -0.561. The number of aryl methyl sites for hydroxylation is 1. The standard InChI is InChI=1S/C16H19BrN4O2/c1-10-5-6-12(11(17)9-10)18-13-7-8-14(21-20-13)19-15(22)23-16(2,3)4/h5-9H,1-4H3,(H,18,20)(H,19,21,22). The van der Waals surface area contributed by atoms with E-state index in [1.54, 1.807) is 32.9 Å². The molecule has 0 aliphatic heterocycles. The number of amides is 1. The number of anilines is 3. The van der Waals surface area contributed by atoms with Crippen LogP contribution in [0, 0.1) is 6.92 Å². The number of benzene rings is 1. The number of carbonyl (C=O) groups is 1. The molecule has 1 heterocycles. The lowest BCUT2D eigenvalue weighted by molar-refractivity contribution is 0.0635. The normalized spacial score (nSPS) is 11.0. The highest BCUT2D eigenvalue weighted by molar-refractivity contribution is 9.10. The average molecular weight is 379 g/mol. The summed E-state index contributed by atoms with van der Waals surface area (Å²) < 4.78 is 6.09. The van der Waals surface area contributed by atoms with Crippen molar-refractivity contribution in [2.75, 3.05) is 10.6 Å². The molecule has 0 spiro atoms. The van der Waals surface area contributed by atoms with Crippen molar-refractivity contribution in [2.24, 2.45) is 0 Å². The fraction of sp³-hybridized carbons (Fsp3) is 0.312. The van der Waals surface area contributed by atoms with Crippen LogP contribution < -0.4 is 10.6 Å². The van der Waals surface area contributed by atoms with E-state index in [4.69, 9.17) is 4.74 Å². The summed E-state index contributed by atoms with van der Waals surface area (Å²) >= 11 is 3.50. The second kappa shape index (κ2) is 6.95. The van der Waals surface area contributed by atoms with Crippen molar-refractivity contribution in [3.63, 3.8) is 0 Å². The zero-order valence-electron chi connectivity index (χ0n) is 13.5. The molecular weight excluding hydrogens is 360 g/mol. The van der Waals surface area contributed by atoms with Crippen molar-refractivity contribution in [3.05, 3.63) is 40.4 Å². The number of nitrogens with one attached hydrogen (secondary N) is 2. The van der Waals surface area contributed by atoms with Gasteiger partial charge in [-0.3, -0.25) is 5.32 Å². The van der Waals surface area contributed by atoms with Gasteiger partial charge in [-0.1, -0.05) is 6.07 Å². The number of nitrogens with zero attached hydrogens (tertiary/aromatic N) is 2. The highest BCUT2D eigenvalue weighted by atomic mass is 79.9. The van der Waals surface area contributed by atoms with E-state index < -0.39 is 11.7 Å². The SMILES string of the molecule is Cc1ccc(Nc2ccc(NC(=O)OC(C)(C)C)nn2)c(Br)c1. The number of rotatable bonds is 3. The van der Waals surface area contributed by atoms with E-state index in [9.17, 15) is 4.79 Å². The molecule has 0 unspecified atom stereocenters. The summed E-state index contributed by atoms with van der Waals surface area (Å²) in [5.74, 6) is 0.900. The molecule has 1 amide bonds. The second-order valence-corrected chi connectivity index (χ2v) is 6.89. The van der Waals surface area contributed by atoms with E-state index in [-0.39, 0.29) is 0 Å². The Balaban J connectivity index is 2.01. The summed E-state index contributed by atoms with van der Waals surface area (Å²) in [5, 5.41) is 13.7. The first-order chi connectivity index (χ1) is 10.7. The lowest BCUT2D eigenvalue weighted by Gasteiger charge is -2.19. The average Bonchev–Trinajstić information content (AvgIpc) is 2.42. The molecule has 2 aromatic rings. The van der Waals surface area contributed by atoms with Gasteiger partial charge in [0, 0.05) is 4.47 Å². The molecule has 0 saturated heterocycles. The van der Waals surface area contributed by atoms with Crippen molar-refractivity contribution in [2.45, 2.75) is 33.3 Å². The third kappa shape index (κ3) is 5.52. The summed E-state index contributed by atoms with van der Waals surface area (Å²) in [6.07, 6.45) is -0.561. The third-order valence-electron chi connectivity index (χ3n) is 2.68. The van der Waals surface area contributed by atoms with Crippen LogP contribution in [-0.4, -0.2) is 21.9 Å². The maximum Gasteiger partial charge on any atom is 0.413 e. The topological polar surface area (TPSA) is 76.1 Å². The van der Waals surface area contributed by atoms with Gasteiger partial charge in [0.15, 0.2) is 11.6 Å². The second-order valence-electron chi connectivity index (χ2n) is 6.04. The largest absolute Gasteiger partial charge is 0.444 e. The Labute approximate surface area is 143 Å². The van der Waals surface area contributed by atoms with Crippen LogP contribution >= 0.6 is 15.9 Å². The first-order valence-corrected chi connectivity index (χ1v) is 7.89. The van der Waals surface area contributed by atoms with E-state index in [2.05, 4.69) is 36.8 Å². The minimum Gasteiger partial charge on any atom is -0.444 e. The van der Waals surface area contributed by atoms with E-state index in [0.717, 1.165) is 15.7 Å².